The lowest BCUT2D eigenvalue weighted by Crippen LogP contribution is -2.03. The van der Waals surface area contributed by atoms with Crippen LogP contribution in [0.1, 0.15) is 193 Å². The maximum absolute atomic E-state index is 6.66. The quantitative estimate of drug-likeness (QED) is 0.0506. The fourth-order valence-electron chi connectivity index (χ4n) is 7.27. The molecule has 2 nitrogen and oxygen atoms in total. The molecule has 0 saturated heterocycles. The molecule has 270 valence electrons. The largest absolute Gasteiger partial charge is 0.492 e. The summed E-state index contributed by atoms with van der Waals surface area (Å²) in [6.07, 6.45) is 36.6. The summed E-state index contributed by atoms with van der Waals surface area (Å²) in [7, 11) is 0. The van der Waals surface area contributed by atoms with E-state index in [4.69, 9.17) is 9.47 Å². The lowest BCUT2D eigenvalue weighted by Gasteiger charge is -2.18. The van der Waals surface area contributed by atoms with Crippen LogP contribution in [0.5, 0.6) is 11.5 Å². The Kier molecular flexibility index (Phi) is 22.3. The molecule has 48 heavy (non-hydrogen) atoms. The van der Waals surface area contributed by atoms with Crippen LogP contribution in [0.25, 0.3) is 21.5 Å². The van der Waals surface area contributed by atoms with Crippen molar-refractivity contribution in [3.63, 3.8) is 0 Å². The molecule has 0 unspecified atom stereocenters. The second kappa shape index (κ2) is 26.6. The summed E-state index contributed by atoms with van der Waals surface area (Å²) < 4.78 is 13.3. The van der Waals surface area contributed by atoms with Crippen molar-refractivity contribution in [3.05, 3.63) is 48.0 Å². The molecule has 0 radical (unpaired) electrons. The molecular weight excluding hydrogens is 585 g/mol. The first-order chi connectivity index (χ1) is 23.8. The highest BCUT2D eigenvalue weighted by Crippen LogP contribution is 2.43. The maximum atomic E-state index is 6.66. The molecule has 0 N–H and O–H groups in total. The fourth-order valence-corrected chi connectivity index (χ4v) is 7.27. The molecule has 0 heterocycles. The van der Waals surface area contributed by atoms with Gasteiger partial charge in [-0.2, -0.15) is 0 Å². The van der Waals surface area contributed by atoms with E-state index in [1.807, 2.05) is 0 Å². The van der Waals surface area contributed by atoms with E-state index in [2.05, 4.69) is 63.2 Å². The highest BCUT2D eigenvalue weighted by atomic mass is 16.5. The highest BCUT2D eigenvalue weighted by Gasteiger charge is 2.16. The van der Waals surface area contributed by atoms with Gasteiger partial charge in [0.15, 0.2) is 0 Å². The minimum Gasteiger partial charge on any atom is -0.492 e. The third-order valence-electron chi connectivity index (χ3n) is 10.4. The van der Waals surface area contributed by atoms with Crippen molar-refractivity contribution in [1.82, 2.24) is 0 Å². The van der Waals surface area contributed by atoms with Crippen molar-refractivity contribution in [1.29, 1.82) is 0 Å². The molecule has 0 aromatic heterocycles. The highest BCUT2D eigenvalue weighted by molar-refractivity contribution is 6.11. The minimum absolute atomic E-state index is 0.783. The maximum Gasteiger partial charge on any atom is 0.135 e. The van der Waals surface area contributed by atoms with Crippen LogP contribution in [0.3, 0.4) is 0 Å². The molecule has 0 bridgehead atoms. The number of rotatable bonds is 31. The Labute approximate surface area is 297 Å². The van der Waals surface area contributed by atoms with E-state index in [-0.39, 0.29) is 0 Å². The van der Waals surface area contributed by atoms with Crippen molar-refractivity contribution in [2.45, 2.75) is 194 Å². The number of unbranched alkanes of at least 4 members (excludes halogenated alkanes) is 24. The molecule has 0 aliphatic carbocycles. The summed E-state index contributed by atoms with van der Waals surface area (Å²) in [5.41, 5.74) is 1.35. The number of fused-ring (bicyclic) bond motifs is 2. The molecule has 3 aromatic carbocycles. The van der Waals surface area contributed by atoms with E-state index in [1.165, 1.54) is 181 Å². The van der Waals surface area contributed by atoms with Crippen LogP contribution in [0.4, 0.5) is 0 Å². The summed E-state index contributed by atoms with van der Waals surface area (Å²) >= 11 is 0. The molecule has 0 aliphatic rings. The zero-order valence-corrected chi connectivity index (χ0v) is 31.9. The molecular formula is C46H74O2. The smallest absolute Gasteiger partial charge is 0.135 e. The Morgan fingerprint density at radius 3 is 1.06 bits per heavy atom. The topological polar surface area (TPSA) is 18.5 Å². The van der Waals surface area contributed by atoms with Crippen molar-refractivity contribution < 1.29 is 9.47 Å². The van der Waals surface area contributed by atoms with Crippen LogP contribution in [-0.4, -0.2) is 13.2 Å². The van der Waals surface area contributed by atoms with Gasteiger partial charge in [-0.3, -0.25) is 0 Å². The predicted octanol–water partition coefficient (Wildman–Crippen LogP) is 15.5. The van der Waals surface area contributed by atoms with Crippen molar-refractivity contribution in [3.8, 4) is 11.5 Å². The molecule has 0 spiro atoms. The molecule has 0 fully saturated rings. The predicted molar refractivity (Wildman–Crippen MR) is 213 cm³/mol. The van der Waals surface area contributed by atoms with E-state index in [1.54, 1.807) is 0 Å². The Balaban J connectivity index is 1.42. The Morgan fingerprint density at radius 2 is 0.688 bits per heavy atom. The third-order valence-corrected chi connectivity index (χ3v) is 10.4. The normalized spacial score (nSPS) is 11.6. The molecule has 2 heteroatoms. The number of ether oxygens (including phenoxy) is 2. The summed E-state index contributed by atoms with van der Waals surface area (Å²) in [4.78, 5) is 0. The Hall–Kier alpha value is -2.22. The average molecular weight is 659 g/mol. The van der Waals surface area contributed by atoms with E-state index >= 15 is 0 Å². The molecule has 0 aliphatic heterocycles. The van der Waals surface area contributed by atoms with Gasteiger partial charge in [-0.25, -0.2) is 0 Å². The van der Waals surface area contributed by atoms with Gasteiger partial charge in [0.2, 0.25) is 0 Å². The van der Waals surface area contributed by atoms with Gasteiger partial charge in [-0.15, -0.1) is 0 Å². The summed E-state index contributed by atoms with van der Waals surface area (Å²) in [6, 6.07) is 15.6. The molecule has 3 aromatic rings. The summed E-state index contributed by atoms with van der Waals surface area (Å²) in [5, 5.41) is 4.78. The SMILES string of the molecule is CCCCCCCCCCCCCCCOc1c2ccccc2c(OCCCCCCCCCCCCCCC)c2cc(CC)ccc12. The Bertz CT molecular complexity index is 1210. The molecule has 0 atom stereocenters. The lowest BCUT2D eigenvalue weighted by atomic mass is 9.98. The number of hydrogen-bond donors (Lipinski definition) is 0. The first-order valence-electron chi connectivity index (χ1n) is 21.0. The third kappa shape index (κ3) is 15.6. The van der Waals surface area contributed by atoms with Gasteiger partial charge in [0, 0.05) is 21.5 Å². The van der Waals surface area contributed by atoms with E-state index < -0.39 is 0 Å². The first-order valence-corrected chi connectivity index (χ1v) is 21.0. The second-order valence-electron chi connectivity index (χ2n) is 14.6. The first kappa shape index (κ1) is 40.2. The van der Waals surface area contributed by atoms with Gasteiger partial charge in [-0.1, -0.05) is 211 Å². The van der Waals surface area contributed by atoms with Gasteiger partial charge < -0.3 is 9.47 Å². The minimum atomic E-state index is 0.783. The van der Waals surface area contributed by atoms with Gasteiger partial charge in [-0.05, 0) is 30.9 Å². The van der Waals surface area contributed by atoms with E-state index in [0.717, 1.165) is 44.0 Å². The van der Waals surface area contributed by atoms with Gasteiger partial charge >= 0.3 is 0 Å². The molecule has 3 rings (SSSR count). The van der Waals surface area contributed by atoms with E-state index in [0.29, 0.717) is 0 Å². The van der Waals surface area contributed by atoms with Gasteiger partial charge in [0.1, 0.15) is 11.5 Å². The van der Waals surface area contributed by atoms with Crippen LogP contribution in [0.2, 0.25) is 0 Å². The fraction of sp³-hybridized carbons (Fsp3) is 0.696. The van der Waals surface area contributed by atoms with Crippen LogP contribution < -0.4 is 9.47 Å². The average Bonchev–Trinajstić information content (AvgIpc) is 3.12. The van der Waals surface area contributed by atoms with Gasteiger partial charge in [0.05, 0.1) is 13.2 Å². The van der Waals surface area contributed by atoms with E-state index in [9.17, 15) is 0 Å². The standard InChI is InChI=1S/C46H74O2/c1-4-7-9-11-13-15-17-19-21-23-25-27-31-37-47-45-41-33-29-30-34-42(41)46(44-39-40(6-3)35-36-43(44)45)48-38-32-28-26-24-22-20-18-16-14-12-10-8-5-2/h29-30,33-36,39H,4-28,31-32,37-38H2,1-3H3. The van der Waals surface area contributed by atoms with Crippen LogP contribution in [0, 0.1) is 0 Å². The number of hydrogen-bond acceptors (Lipinski definition) is 2. The zero-order valence-electron chi connectivity index (χ0n) is 31.9. The van der Waals surface area contributed by atoms with Crippen molar-refractivity contribution >= 4 is 21.5 Å². The summed E-state index contributed by atoms with van der Waals surface area (Å²) in [5.74, 6) is 2.08. The lowest BCUT2D eigenvalue weighted by molar-refractivity contribution is 0.306. The molecule has 0 saturated carbocycles. The van der Waals surface area contributed by atoms with Crippen molar-refractivity contribution in [2.24, 2.45) is 0 Å². The zero-order chi connectivity index (χ0) is 33.9. The molecule has 0 amide bonds. The number of aryl methyl sites for hydroxylation is 1. The summed E-state index contributed by atoms with van der Waals surface area (Å²) in [6.45, 7) is 8.40. The Morgan fingerprint density at radius 1 is 0.354 bits per heavy atom. The van der Waals surface area contributed by atoms with Crippen LogP contribution >= 0.6 is 0 Å². The monoisotopic (exact) mass is 659 g/mol. The van der Waals surface area contributed by atoms with Gasteiger partial charge in [0.25, 0.3) is 0 Å². The van der Waals surface area contributed by atoms with Crippen molar-refractivity contribution in [2.75, 3.05) is 13.2 Å². The van der Waals surface area contributed by atoms with Crippen LogP contribution in [0.15, 0.2) is 42.5 Å². The number of benzene rings is 3. The second-order valence-corrected chi connectivity index (χ2v) is 14.6. The van der Waals surface area contributed by atoms with Crippen LogP contribution in [-0.2, 0) is 6.42 Å².